The van der Waals surface area contributed by atoms with Crippen LogP contribution in [0.2, 0.25) is 0 Å². The molecule has 1 nitrogen and oxygen atoms in total. The van der Waals surface area contributed by atoms with Gasteiger partial charge in [-0.05, 0) is 25.8 Å². The molecule has 0 atom stereocenters. The minimum Gasteiger partial charge on any atom is -0.330 e. The van der Waals surface area contributed by atoms with Gasteiger partial charge in [0.25, 0.3) is 0 Å². The quantitative estimate of drug-likeness (QED) is 0.489. The smallest absolute Gasteiger partial charge is 0.00743 e. The van der Waals surface area contributed by atoms with Crippen molar-refractivity contribution in [3.63, 3.8) is 0 Å². The highest BCUT2D eigenvalue weighted by Crippen LogP contribution is 1.92. The number of hydrogen-bond donors (Lipinski definition) is 1. The van der Waals surface area contributed by atoms with E-state index in [1.807, 2.05) is 0 Å². The van der Waals surface area contributed by atoms with E-state index < -0.39 is 0 Å². The van der Waals surface area contributed by atoms with Crippen LogP contribution in [0, 0.1) is 0 Å². The summed E-state index contributed by atoms with van der Waals surface area (Å²) in [6.45, 7) is 3.00. The van der Waals surface area contributed by atoms with E-state index in [-0.39, 0.29) is 12.4 Å². The van der Waals surface area contributed by atoms with Gasteiger partial charge in [0.05, 0.1) is 0 Å². The Morgan fingerprint density at radius 1 is 1.20 bits per heavy atom. The molecule has 62 valence electrons. The van der Waals surface area contributed by atoms with Crippen molar-refractivity contribution in [1.29, 1.82) is 0 Å². The standard InChI is InChI=1S/C8H17N.ClH/c1-2-3-4-5-6-7-8-9;/h4-5H,2-3,6-9H2,1H3;1H/b5-4+;. The molecule has 10 heavy (non-hydrogen) atoms. The van der Waals surface area contributed by atoms with Gasteiger partial charge in [-0.2, -0.15) is 0 Å². The molecule has 0 aromatic carbocycles. The molecule has 0 unspecified atom stereocenters. The number of hydrogen-bond acceptors (Lipinski definition) is 1. The summed E-state index contributed by atoms with van der Waals surface area (Å²) in [5.41, 5.74) is 5.31. The molecule has 0 rings (SSSR count). The molecule has 0 saturated heterocycles. The number of nitrogens with two attached hydrogens (primary N) is 1. The third-order valence-corrected chi connectivity index (χ3v) is 1.20. The second-order valence-corrected chi connectivity index (χ2v) is 2.19. The van der Waals surface area contributed by atoms with Crippen LogP contribution in [-0.2, 0) is 0 Å². The Balaban J connectivity index is 0. The Bertz CT molecular complexity index is 71.7. The predicted octanol–water partition coefficient (Wildman–Crippen LogP) is 2.50. The molecule has 0 aromatic rings. The van der Waals surface area contributed by atoms with Crippen molar-refractivity contribution in [2.24, 2.45) is 5.73 Å². The number of unbranched alkanes of at least 4 members (excludes halogenated alkanes) is 2. The lowest BCUT2D eigenvalue weighted by atomic mass is 10.2. The maximum atomic E-state index is 5.31. The van der Waals surface area contributed by atoms with Crippen molar-refractivity contribution in [2.45, 2.75) is 32.6 Å². The zero-order valence-corrected chi connectivity index (χ0v) is 7.49. The zero-order chi connectivity index (χ0) is 6.95. The van der Waals surface area contributed by atoms with Gasteiger partial charge in [-0.3, -0.25) is 0 Å². The summed E-state index contributed by atoms with van der Waals surface area (Å²) in [5, 5.41) is 0. The molecule has 0 aliphatic carbocycles. The minimum atomic E-state index is 0. The molecule has 0 saturated carbocycles. The lowest BCUT2D eigenvalue weighted by molar-refractivity contribution is 0.847. The van der Waals surface area contributed by atoms with Crippen molar-refractivity contribution in [3.8, 4) is 0 Å². The summed E-state index contributed by atoms with van der Waals surface area (Å²) in [5.74, 6) is 0. The van der Waals surface area contributed by atoms with Crippen molar-refractivity contribution in [1.82, 2.24) is 0 Å². The largest absolute Gasteiger partial charge is 0.330 e. The van der Waals surface area contributed by atoms with E-state index in [0.29, 0.717) is 0 Å². The van der Waals surface area contributed by atoms with Crippen LogP contribution in [0.25, 0.3) is 0 Å². The van der Waals surface area contributed by atoms with Crippen molar-refractivity contribution >= 4 is 12.4 Å². The highest BCUT2D eigenvalue weighted by atomic mass is 35.5. The van der Waals surface area contributed by atoms with E-state index in [0.717, 1.165) is 19.4 Å². The van der Waals surface area contributed by atoms with E-state index in [9.17, 15) is 0 Å². The van der Waals surface area contributed by atoms with Gasteiger partial charge in [0.2, 0.25) is 0 Å². The minimum absolute atomic E-state index is 0. The second kappa shape index (κ2) is 11.7. The topological polar surface area (TPSA) is 26.0 Å². The molecule has 2 heteroatoms. The first-order valence-electron chi connectivity index (χ1n) is 3.77. The number of halogens is 1. The van der Waals surface area contributed by atoms with E-state index in [2.05, 4.69) is 19.1 Å². The van der Waals surface area contributed by atoms with Crippen molar-refractivity contribution < 1.29 is 0 Å². The molecule has 0 radical (unpaired) electrons. The molecule has 0 aliphatic heterocycles. The average molecular weight is 164 g/mol. The van der Waals surface area contributed by atoms with Gasteiger partial charge in [0, 0.05) is 0 Å². The fourth-order valence-corrected chi connectivity index (χ4v) is 0.638. The summed E-state index contributed by atoms with van der Waals surface area (Å²) in [7, 11) is 0. The predicted molar refractivity (Wildman–Crippen MR) is 49.6 cm³/mol. The lowest BCUT2D eigenvalue weighted by Crippen LogP contribution is -1.96. The fourth-order valence-electron chi connectivity index (χ4n) is 0.638. The monoisotopic (exact) mass is 163 g/mol. The Morgan fingerprint density at radius 3 is 2.30 bits per heavy atom. The Hall–Kier alpha value is -0.0100. The van der Waals surface area contributed by atoms with Gasteiger partial charge in [0.1, 0.15) is 0 Å². The summed E-state index contributed by atoms with van der Waals surface area (Å²) in [6, 6.07) is 0. The average Bonchev–Trinajstić information content (AvgIpc) is 1.89. The molecular weight excluding hydrogens is 146 g/mol. The number of allylic oxidation sites excluding steroid dienone is 2. The van der Waals surface area contributed by atoms with Gasteiger partial charge in [-0.1, -0.05) is 25.5 Å². The molecule has 0 aromatic heterocycles. The van der Waals surface area contributed by atoms with Crippen LogP contribution in [0.3, 0.4) is 0 Å². The van der Waals surface area contributed by atoms with Gasteiger partial charge in [-0.25, -0.2) is 0 Å². The molecular formula is C8H18ClN. The molecule has 0 bridgehead atoms. The van der Waals surface area contributed by atoms with Gasteiger partial charge in [-0.15, -0.1) is 12.4 Å². The zero-order valence-electron chi connectivity index (χ0n) is 6.68. The van der Waals surface area contributed by atoms with E-state index >= 15 is 0 Å². The summed E-state index contributed by atoms with van der Waals surface area (Å²) < 4.78 is 0. The van der Waals surface area contributed by atoms with Gasteiger partial charge < -0.3 is 5.73 Å². The van der Waals surface area contributed by atoms with Crippen LogP contribution < -0.4 is 5.73 Å². The molecule has 0 amide bonds. The molecule has 0 fully saturated rings. The third kappa shape index (κ3) is 10.9. The van der Waals surface area contributed by atoms with Crippen LogP contribution in [-0.4, -0.2) is 6.54 Å². The molecule has 2 N–H and O–H groups in total. The summed E-state index contributed by atoms with van der Waals surface area (Å²) in [6.07, 6.45) is 9.19. The van der Waals surface area contributed by atoms with Crippen molar-refractivity contribution in [2.75, 3.05) is 6.54 Å². The van der Waals surface area contributed by atoms with E-state index in [1.54, 1.807) is 0 Å². The van der Waals surface area contributed by atoms with Crippen LogP contribution in [0.15, 0.2) is 12.2 Å². The van der Waals surface area contributed by atoms with E-state index in [1.165, 1.54) is 12.8 Å². The van der Waals surface area contributed by atoms with Crippen LogP contribution >= 0.6 is 12.4 Å². The van der Waals surface area contributed by atoms with Gasteiger partial charge >= 0.3 is 0 Å². The Kier molecular flexibility index (Phi) is 14.9. The second-order valence-electron chi connectivity index (χ2n) is 2.19. The highest BCUT2D eigenvalue weighted by Gasteiger charge is 1.76. The first kappa shape index (κ1) is 12.6. The SMILES string of the molecule is CCC/C=C/CCCN.Cl. The van der Waals surface area contributed by atoms with Crippen molar-refractivity contribution in [3.05, 3.63) is 12.2 Å². The molecule has 0 aliphatic rings. The lowest BCUT2D eigenvalue weighted by Gasteiger charge is -1.87. The third-order valence-electron chi connectivity index (χ3n) is 1.20. The fraction of sp³-hybridized carbons (Fsp3) is 0.750. The molecule has 0 heterocycles. The number of rotatable bonds is 5. The van der Waals surface area contributed by atoms with Crippen LogP contribution in [0.5, 0.6) is 0 Å². The van der Waals surface area contributed by atoms with E-state index in [4.69, 9.17) is 5.73 Å². The maximum absolute atomic E-state index is 5.31. The van der Waals surface area contributed by atoms with Crippen LogP contribution in [0.1, 0.15) is 32.6 Å². The Labute approximate surface area is 70.1 Å². The summed E-state index contributed by atoms with van der Waals surface area (Å²) in [4.78, 5) is 0. The first-order chi connectivity index (χ1) is 4.41. The first-order valence-corrected chi connectivity index (χ1v) is 3.77. The highest BCUT2D eigenvalue weighted by molar-refractivity contribution is 5.85. The molecule has 0 spiro atoms. The Morgan fingerprint density at radius 2 is 1.80 bits per heavy atom. The summed E-state index contributed by atoms with van der Waals surface area (Å²) >= 11 is 0. The maximum Gasteiger partial charge on any atom is -0.00743 e. The van der Waals surface area contributed by atoms with Gasteiger partial charge in [0.15, 0.2) is 0 Å². The normalized spacial score (nSPS) is 9.80. The van der Waals surface area contributed by atoms with Crippen LogP contribution in [0.4, 0.5) is 0 Å².